The van der Waals surface area contributed by atoms with Gasteiger partial charge in [-0.2, -0.15) is 0 Å². The summed E-state index contributed by atoms with van der Waals surface area (Å²) in [5.74, 6) is -4.34. The molecule has 3 aromatic rings. The first-order valence-electron chi connectivity index (χ1n) is 6.61. The van der Waals surface area contributed by atoms with Crippen molar-refractivity contribution in [2.24, 2.45) is 0 Å². The van der Waals surface area contributed by atoms with E-state index in [1.54, 1.807) is 24.3 Å². The smallest absolute Gasteiger partial charge is 0.354 e. The summed E-state index contributed by atoms with van der Waals surface area (Å²) in [5.41, 5.74) is 0.126. The second-order valence-corrected chi connectivity index (χ2v) is 4.39. The van der Waals surface area contributed by atoms with Crippen LogP contribution < -0.4 is 0 Å². The van der Waals surface area contributed by atoms with Crippen LogP contribution in [-0.4, -0.2) is 21.0 Å². The molecule has 8 heteroatoms. The molecular formula is C17H10F3IrN2O2-. The molecule has 25 heavy (non-hydrogen) atoms. The number of carboxylic acid groups (broad SMARTS) is 1. The molecule has 0 fully saturated rings. The van der Waals surface area contributed by atoms with Crippen molar-refractivity contribution < 1.29 is 43.2 Å². The van der Waals surface area contributed by atoms with Gasteiger partial charge in [-0.05, 0) is 23.9 Å². The van der Waals surface area contributed by atoms with Crippen molar-refractivity contribution in [3.63, 3.8) is 0 Å². The second-order valence-electron chi connectivity index (χ2n) is 4.39. The van der Waals surface area contributed by atoms with E-state index in [9.17, 15) is 18.0 Å². The molecular weight excluding hydrogens is 513 g/mol. The fourth-order valence-electron chi connectivity index (χ4n) is 1.66. The van der Waals surface area contributed by atoms with E-state index < -0.39 is 23.4 Å². The molecule has 0 unspecified atom stereocenters. The zero-order valence-electron chi connectivity index (χ0n) is 12.4. The molecule has 1 aromatic carbocycles. The Balaban J connectivity index is 0.000000270. The summed E-state index contributed by atoms with van der Waals surface area (Å²) in [5, 5.41) is 8.32. The predicted octanol–water partition coefficient (Wildman–Crippen LogP) is 3.74. The van der Waals surface area contributed by atoms with Gasteiger partial charge in [0, 0.05) is 38.3 Å². The van der Waals surface area contributed by atoms with Crippen molar-refractivity contribution in [2.75, 3.05) is 0 Å². The number of benzene rings is 1. The first kappa shape index (κ1) is 20.5. The maximum atomic E-state index is 13.2. The van der Waals surface area contributed by atoms with Gasteiger partial charge in [0.05, 0.1) is 11.6 Å². The fourth-order valence-corrected chi connectivity index (χ4v) is 1.66. The van der Waals surface area contributed by atoms with Crippen LogP contribution in [0.2, 0.25) is 0 Å². The number of aromatic nitrogens is 2. The average Bonchev–Trinajstić information content (AvgIpc) is 2.60. The van der Waals surface area contributed by atoms with Gasteiger partial charge >= 0.3 is 5.97 Å². The Morgan fingerprint density at radius 2 is 1.60 bits per heavy atom. The summed E-state index contributed by atoms with van der Waals surface area (Å²) in [4.78, 5) is 17.5. The van der Waals surface area contributed by atoms with Crippen molar-refractivity contribution in [3.8, 4) is 11.3 Å². The third-order valence-corrected chi connectivity index (χ3v) is 2.74. The Hall–Kier alpha value is -2.57. The molecule has 0 saturated carbocycles. The minimum absolute atomic E-state index is 0. The van der Waals surface area contributed by atoms with E-state index in [1.165, 1.54) is 24.5 Å². The van der Waals surface area contributed by atoms with Crippen LogP contribution in [0.5, 0.6) is 0 Å². The van der Waals surface area contributed by atoms with Gasteiger partial charge < -0.3 is 10.1 Å². The van der Waals surface area contributed by atoms with E-state index in [2.05, 4.69) is 9.97 Å². The summed E-state index contributed by atoms with van der Waals surface area (Å²) >= 11 is 0. The first-order valence-corrected chi connectivity index (χ1v) is 6.61. The molecule has 1 N–H and O–H groups in total. The number of hydrogen-bond acceptors (Lipinski definition) is 3. The molecule has 1 radical (unpaired) electrons. The number of carboxylic acids is 1. The Kier molecular flexibility index (Phi) is 7.91. The zero-order chi connectivity index (χ0) is 17.5. The second kappa shape index (κ2) is 9.66. The van der Waals surface area contributed by atoms with Crippen LogP contribution in [0, 0.1) is 23.5 Å². The van der Waals surface area contributed by atoms with Gasteiger partial charge in [-0.25, -0.2) is 14.2 Å². The Morgan fingerprint density at radius 1 is 0.960 bits per heavy atom. The van der Waals surface area contributed by atoms with E-state index in [4.69, 9.17) is 5.11 Å². The minimum Gasteiger partial charge on any atom is -0.477 e. The number of rotatable bonds is 2. The van der Waals surface area contributed by atoms with E-state index in [0.717, 1.165) is 0 Å². The maximum Gasteiger partial charge on any atom is 0.354 e. The van der Waals surface area contributed by atoms with Crippen molar-refractivity contribution in [1.29, 1.82) is 0 Å². The molecule has 4 nitrogen and oxygen atoms in total. The Labute approximate surface area is 154 Å². The van der Waals surface area contributed by atoms with Crippen LogP contribution in [0.1, 0.15) is 10.5 Å². The van der Waals surface area contributed by atoms with E-state index in [-0.39, 0.29) is 37.1 Å². The van der Waals surface area contributed by atoms with E-state index in [1.807, 2.05) is 6.07 Å². The first-order chi connectivity index (χ1) is 11.5. The molecule has 0 aliphatic rings. The van der Waals surface area contributed by atoms with E-state index >= 15 is 0 Å². The normalized spacial score (nSPS) is 9.40. The summed E-state index contributed by atoms with van der Waals surface area (Å²) in [6.07, 6.45) is 2.88. The van der Waals surface area contributed by atoms with Crippen molar-refractivity contribution >= 4 is 5.97 Å². The quantitative estimate of drug-likeness (QED) is 0.411. The van der Waals surface area contributed by atoms with Crippen molar-refractivity contribution in [3.05, 3.63) is 84.1 Å². The van der Waals surface area contributed by atoms with Crippen molar-refractivity contribution in [1.82, 2.24) is 9.97 Å². The predicted molar refractivity (Wildman–Crippen MR) is 79.6 cm³/mol. The van der Waals surface area contributed by atoms with Crippen LogP contribution in [0.25, 0.3) is 11.3 Å². The van der Waals surface area contributed by atoms with Crippen LogP contribution in [0.15, 0.2) is 54.9 Å². The minimum atomic E-state index is -1.26. The molecule has 0 spiro atoms. The van der Waals surface area contributed by atoms with Crippen molar-refractivity contribution in [2.45, 2.75) is 0 Å². The zero-order valence-corrected chi connectivity index (χ0v) is 14.8. The topological polar surface area (TPSA) is 63.1 Å². The third kappa shape index (κ3) is 5.77. The largest absolute Gasteiger partial charge is 0.477 e. The van der Waals surface area contributed by atoms with Gasteiger partial charge in [0.2, 0.25) is 0 Å². The van der Waals surface area contributed by atoms with Crippen LogP contribution in [0.4, 0.5) is 13.2 Å². The van der Waals surface area contributed by atoms with Crippen LogP contribution in [0.3, 0.4) is 0 Å². The molecule has 3 rings (SSSR count). The number of hydrogen-bond donors (Lipinski definition) is 1. The summed E-state index contributed by atoms with van der Waals surface area (Å²) in [6, 6.07) is 12.0. The van der Waals surface area contributed by atoms with Gasteiger partial charge in [0.1, 0.15) is 5.69 Å². The SMILES string of the molecule is Fc1[c-]c(-c2ccccn2)c(F)cc1F.O=C(O)c1ccccn1.[Ir]. The monoisotopic (exact) mass is 524 g/mol. The molecule has 2 aromatic heterocycles. The summed E-state index contributed by atoms with van der Waals surface area (Å²) in [7, 11) is 0. The third-order valence-electron chi connectivity index (χ3n) is 2.74. The van der Waals surface area contributed by atoms with Gasteiger partial charge in [0.15, 0.2) is 0 Å². The Bertz CT molecular complexity index is 834. The fraction of sp³-hybridized carbons (Fsp3) is 0. The molecule has 0 aliphatic carbocycles. The molecule has 0 atom stereocenters. The average molecular weight is 523 g/mol. The van der Waals surface area contributed by atoms with E-state index in [0.29, 0.717) is 6.07 Å². The number of pyridine rings is 2. The molecule has 0 aliphatic heterocycles. The van der Waals surface area contributed by atoms with Gasteiger partial charge in [-0.3, -0.25) is 8.78 Å². The summed E-state index contributed by atoms with van der Waals surface area (Å²) in [6.45, 7) is 0. The molecule has 131 valence electrons. The van der Waals surface area contributed by atoms with Crippen LogP contribution in [-0.2, 0) is 20.1 Å². The van der Waals surface area contributed by atoms with Gasteiger partial charge in [-0.1, -0.05) is 35.9 Å². The standard InChI is InChI=1S/C11H5F3N.C6H5NO2.Ir/c12-8-6-10(14)9(13)5-7(8)11-3-1-2-4-15-11;8-6(9)5-3-1-2-4-7-5;/h1-4,6H;1-4H,(H,8,9);/q-1;;. The maximum absolute atomic E-state index is 13.2. The Morgan fingerprint density at radius 3 is 2.08 bits per heavy atom. The molecule has 0 amide bonds. The molecule has 0 bridgehead atoms. The molecule has 0 saturated heterocycles. The van der Waals surface area contributed by atoms with Crippen LogP contribution >= 0.6 is 0 Å². The number of aromatic carboxylic acids is 1. The number of carbonyl (C=O) groups is 1. The van der Waals surface area contributed by atoms with Gasteiger partial charge in [-0.15, -0.1) is 0 Å². The molecule has 2 heterocycles. The number of halogens is 3. The van der Waals surface area contributed by atoms with Gasteiger partial charge in [0.25, 0.3) is 0 Å². The summed E-state index contributed by atoms with van der Waals surface area (Å²) < 4.78 is 38.7. The number of nitrogens with zero attached hydrogens (tertiary/aromatic N) is 2.